The summed E-state index contributed by atoms with van der Waals surface area (Å²) >= 11 is 0. The molecule has 1 aromatic carbocycles. The third-order valence-electron chi connectivity index (χ3n) is 2.68. The molecule has 0 bridgehead atoms. The summed E-state index contributed by atoms with van der Waals surface area (Å²) < 4.78 is 1.86. The molecule has 5 radical (unpaired) electrons. The van der Waals surface area contributed by atoms with Gasteiger partial charge in [-0.1, -0.05) is 35.5 Å². The van der Waals surface area contributed by atoms with Gasteiger partial charge in [0.25, 0.3) is 0 Å². The Hall–Kier alpha value is -1.64. The molecule has 1 aliphatic rings. The Morgan fingerprint density at radius 3 is 2.53 bits per heavy atom. The topological polar surface area (TPSA) is 30.7 Å². The first kappa shape index (κ1) is 10.5. The Morgan fingerprint density at radius 2 is 1.76 bits per heavy atom. The van der Waals surface area contributed by atoms with Crippen LogP contribution < -0.4 is 0 Å². The third kappa shape index (κ3) is 2.38. The van der Waals surface area contributed by atoms with Crippen LogP contribution in [0.2, 0.25) is 0 Å². The van der Waals surface area contributed by atoms with Crippen molar-refractivity contribution in [3.05, 3.63) is 79.4 Å². The van der Waals surface area contributed by atoms with Crippen molar-refractivity contribution in [3.63, 3.8) is 0 Å². The van der Waals surface area contributed by atoms with Crippen LogP contribution in [-0.2, 0) is 6.54 Å². The van der Waals surface area contributed by atoms with Crippen LogP contribution in [0.5, 0.6) is 0 Å². The molecule has 0 aliphatic heterocycles. The maximum atomic E-state index is 4.17. The predicted molar refractivity (Wildman–Crippen MR) is 65.1 cm³/mol. The fourth-order valence-electron chi connectivity index (χ4n) is 1.82. The van der Waals surface area contributed by atoms with Gasteiger partial charge >= 0.3 is 0 Å². The van der Waals surface area contributed by atoms with Gasteiger partial charge < -0.3 is 0 Å². The van der Waals surface area contributed by atoms with E-state index >= 15 is 0 Å². The Labute approximate surface area is 101 Å². The Bertz CT molecular complexity index is 469. The van der Waals surface area contributed by atoms with Crippen molar-refractivity contribution in [1.82, 2.24) is 15.0 Å². The molecule has 3 heteroatoms. The monoisotopic (exact) mass is 222 g/mol. The lowest BCUT2D eigenvalue weighted by molar-refractivity contribution is 0.649. The Kier molecular flexibility index (Phi) is 2.90. The molecule has 3 nitrogen and oxygen atoms in total. The summed E-state index contributed by atoms with van der Waals surface area (Å²) in [5.74, 6) is 1.12. The van der Waals surface area contributed by atoms with Crippen molar-refractivity contribution < 1.29 is 0 Å². The number of hydrogen-bond donors (Lipinski definition) is 0. The second-order valence-electron chi connectivity index (χ2n) is 3.96. The lowest BCUT2D eigenvalue weighted by Crippen LogP contribution is -2.00. The molecular weight excluding hydrogens is 210 g/mol. The zero-order chi connectivity index (χ0) is 11.5. The molecular formula is C14H12N3. The van der Waals surface area contributed by atoms with Crippen molar-refractivity contribution in [2.24, 2.45) is 0 Å². The largest absolute Gasteiger partial charge is 0.248 e. The molecule has 1 aromatic heterocycles. The molecule has 1 aliphatic carbocycles. The summed E-state index contributed by atoms with van der Waals surface area (Å²) in [7, 11) is 0. The van der Waals surface area contributed by atoms with Gasteiger partial charge in [0, 0.05) is 12.1 Å². The lowest BCUT2D eigenvalue weighted by atomic mass is 10.1. The quantitative estimate of drug-likeness (QED) is 0.796. The fraction of sp³-hybridized carbons (Fsp3) is 0.0714. The maximum absolute atomic E-state index is 4.17. The maximum Gasteiger partial charge on any atom is 0.0904 e. The van der Waals surface area contributed by atoms with Gasteiger partial charge in [0.2, 0.25) is 0 Å². The van der Waals surface area contributed by atoms with Gasteiger partial charge in [-0.15, -0.1) is 5.10 Å². The SMILES string of the molecule is [CH]1[CH][CH][C](c2cn(Cc3ccccc3)nn2)[CH]1. The van der Waals surface area contributed by atoms with Crippen LogP contribution in [0, 0.1) is 31.6 Å². The molecule has 0 unspecified atom stereocenters. The smallest absolute Gasteiger partial charge is 0.0904 e. The number of hydrogen-bond acceptors (Lipinski definition) is 2. The first-order valence-corrected chi connectivity index (χ1v) is 5.58. The van der Waals surface area contributed by atoms with Crippen molar-refractivity contribution in [1.29, 1.82) is 0 Å². The highest BCUT2D eigenvalue weighted by Gasteiger charge is 2.21. The molecule has 17 heavy (non-hydrogen) atoms. The van der Waals surface area contributed by atoms with Gasteiger partial charge in [-0.05, 0) is 31.2 Å². The molecule has 0 saturated heterocycles. The van der Waals surface area contributed by atoms with Crippen LogP contribution in [0.1, 0.15) is 11.3 Å². The van der Waals surface area contributed by atoms with Crippen molar-refractivity contribution in [2.45, 2.75) is 6.54 Å². The van der Waals surface area contributed by atoms with E-state index in [0.717, 1.165) is 18.2 Å². The van der Waals surface area contributed by atoms with Crippen molar-refractivity contribution >= 4 is 0 Å². The first-order valence-electron chi connectivity index (χ1n) is 5.58. The fourth-order valence-corrected chi connectivity index (χ4v) is 1.82. The number of benzene rings is 1. The van der Waals surface area contributed by atoms with Gasteiger partial charge in [-0.3, -0.25) is 0 Å². The summed E-state index contributed by atoms with van der Waals surface area (Å²) in [6.07, 6.45) is 10.1. The summed E-state index contributed by atoms with van der Waals surface area (Å²) in [5.41, 5.74) is 2.15. The van der Waals surface area contributed by atoms with E-state index < -0.39 is 0 Å². The van der Waals surface area contributed by atoms with E-state index in [1.54, 1.807) is 0 Å². The van der Waals surface area contributed by atoms with E-state index in [1.807, 2.05) is 54.8 Å². The highest BCUT2D eigenvalue weighted by atomic mass is 15.4. The van der Waals surface area contributed by atoms with Gasteiger partial charge in [0.05, 0.1) is 12.2 Å². The molecule has 1 fully saturated rings. The number of nitrogens with zero attached hydrogens (tertiary/aromatic N) is 3. The minimum atomic E-state index is 0.758. The van der Waals surface area contributed by atoms with E-state index in [0.29, 0.717) is 0 Å². The third-order valence-corrected chi connectivity index (χ3v) is 2.68. The zero-order valence-corrected chi connectivity index (χ0v) is 9.32. The first-order chi connectivity index (χ1) is 8.42. The van der Waals surface area contributed by atoms with Crippen LogP contribution in [0.25, 0.3) is 0 Å². The lowest BCUT2D eigenvalue weighted by Gasteiger charge is -2.01. The highest BCUT2D eigenvalue weighted by molar-refractivity contribution is 5.45. The molecule has 0 atom stereocenters. The van der Waals surface area contributed by atoms with Crippen LogP contribution in [0.3, 0.4) is 0 Å². The summed E-state index contributed by atoms with van der Waals surface area (Å²) in [6.45, 7) is 0.758. The second kappa shape index (κ2) is 4.70. The van der Waals surface area contributed by atoms with Crippen LogP contribution >= 0.6 is 0 Å². The van der Waals surface area contributed by atoms with Gasteiger partial charge in [0.1, 0.15) is 0 Å². The second-order valence-corrected chi connectivity index (χ2v) is 3.96. The summed E-state index contributed by atoms with van der Waals surface area (Å²) in [5, 5.41) is 8.30. The molecule has 0 N–H and O–H groups in total. The van der Waals surface area contributed by atoms with Gasteiger partial charge in [-0.25, -0.2) is 4.68 Å². The van der Waals surface area contributed by atoms with E-state index in [-0.39, 0.29) is 0 Å². The van der Waals surface area contributed by atoms with Crippen molar-refractivity contribution in [2.75, 3.05) is 0 Å². The van der Waals surface area contributed by atoms with Gasteiger partial charge in [0.15, 0.2) is 0 Å². The van der Waals surface area contributed by atoms with Crippen molar-refractivity contribution in [3.8, 4) is 0 Å². The average Bonchev–Trinajstić information content (AvgIpc) is 3.00. The standard InChI is InChI=1S/C14H12N3/c1-2-6-12(7-3-1)10-17-11-14(15-16-17)13-8-4-5-9-13/h1-9,11H,10H2. The number of aromatic nitrogens is 3. The van der Waals surface area contributed by atoms with Crippen LogP contribution in [0.4, 0.5) is 0 Å². The van der Waals surface area contributed by atoms with Crippen LogP contribution in [-0.4, -0.2) is 15.0 Å². The van der Waals surface area contributed by atoms with E-state index in [9.17, 15) is 0 Å². The van der Waals surface area contributed by atoms with E-state index in [2.05, 4.69) is 22.4 Å². The zero-order valence-electron chi connectivity index (χ0n) is 9.32. The minimum Gasteiger partial charge on any atom is -0.248 e. The van der Waals surface area contributed by atoms with Crippen LogP contribution in [0.15, 0.2) is 36.5 Å². The Morgan fingerprint density at radius 1 is 1.00 bits per heavy atom. The molecule has 83 valence electrons. The molecule has 0 spiro atoms. The van der Waals surface area contributed by atoms with E-state index in [1.165, 1.54) is 5.56 Å². The number of rotatable bonds is 3. The molecule has 0 amide bonds. The van der Waals surface area contributed by atoms with E-state index in [4.69, 9.17) is 0 Å². The minimum absolute atomic E-state index is 0.758. The summed E-state index contributed by atoms with van der Waals surface area (Å²) in [6, 6.07) is 10.3. The highest BCUT2D eigenvalue weighted by Crippen LogP contribution is 2.28. The molecule has 2 aromatic rings. The van der Waals surface area contributed by atoms with Gasteiger partial charge in [-0.2, -0.15) is 0 Å². The normalized spacial score (nSPS) is 16.5. The Balaban J connectivity index is 1.72. The summed E-state index contributed by atoms with van der Waals surface area (Å²) in [4.78, 5) is 0. The average molecular weight is 222 g/mol. The predicted octanol–water partition coefficient (Wildman–Crippen LogP) is 2.08. The molecule has 3 rings (SSSR count). The molecule has 1 heterocycles. The molecule has 1 saturated carbocycles.